The largest absolute Gasteiger partial charge is 0.494 e. The van der Waals surface area contributed by atoms with Gasteiger partial charge in [0.2, 0.25) is 5.90 Å². The van der Waals surface area contributed by atoms with Crippen molar-refractivity contribution in [3.63, 3.8) is 0 Å². The highest BCUT2D eigenvalue weighted by molar-refractivity contribution is 6.01. The monoisotopic (exact) mass is 857 g/mol. The molecule has 1 aliphatic heterocycles. The molecule has 7 rings (SSSR count). The highest BCUT2D eigenvalue weighted by Crippen LogP contribution is 2.45. The van der Waals surface area contributed by atoms with Crippen LogP contribution in [0.5, 0.6) is 17.2 Å². The van der Waals surface area contributed by atoms with Crippen LogP contribution in [0, 0.1) is 0 Å². The van der Waals surface area contributed by atoms with Crippen LogP contribution in [0.25, 0.3) is 20.9 Å². The van der Waals surface area contributed by atoms with Gasteiger partial charge in [-0.15, -0.1) is 0 Å². The minimum atomic E-state index is -1.68. The second-order valence-electron chi connectivity index (χ2n) is 14.8. The van der Waals surface area contributed by atoms with Crippen LogP contribution in [0.15, 0.2) is 167 Å². The minimum Gasteiger partial charge on any atom is -0.494 e. The smallest absolute Gasteiger partial charge is 0.266 e. The maximum Gasteiger partial charge on any atom is 0.266 e. The Hall–Kier alpha value is -7.80. The van der Waals surface area contributed by atoms with Crippen molar-refractivity contribution >= 4 is 17.5 Å². The zero-order chi connectivity index (χ0) is 44.4. The fraction of sp³-hybridized carbons (Fsp3) is 0.224. The van der Waals surface area contributed by atoms with Gasteiger partial charge in [0.1, 0.15) is 19.0 Å². The number of aliphatic hydroxyl groups excluding tert-OH is 1. The van der Waals surface area contributed by atoms with Crippen LogP contribution in [0.4, 0.5) is 5.69 Å². The summed E-state index contributed by atoms with van der Waals surface area (Å²) in [6.45, 7) is 1.41. The topological polar surface area (TPSA) is 208 Å². The van der Waals surface area contributed by atoms with Crippen LogP contribution < -0.4 is 25.1 Å². The van der Waals surface area contributed by atoms with Crippen LogP contribution in [0.3, 0.4) is 0 Å². The molecule has 0 radical (unpaired) electrons. The van der Waals surface area contributed by atoms with Crippen molar-refractivity contribution in [3.05, 3.63) is 211 Å². The molecule has 3 N–H and O–H groups in total. The highest BCUT2D eigenvalue weighted by Gasteiger charge is 2.54. The number of hydrazine groups is 1. The number of nitrogens with zero attached hydrogens (tertiary/aromatic N) is 7. The van der Waals surface area contributed by atoms with Crippen molar-refractivity contribution in [2.45, 2.75) is 50.7 Å². The van der Waals surface area contributed by atoms with E-state index in [-0.39, 0.29) is 25.5 Å². The summed E-state index contributed by atoms with van der Waals surface area (Å²) in [6, 6.07) is 47.0. The first-order valence-corrected chi connectivity index (χ1v) is 20.8. The number of benzene rings is 6. The number of amides is 1. The predicted octanol–water partition coefficient (Wildman–Crippen LogP) is 9.72. The maximum atomic E-state index is 15.0. The zero-order valence-corrected chi connectivity index (χ0v) is 35.0. The molecule has 2 atom stereocenters. The Morgan fingerprint density at radius 2 is 1.42 bits per heavy atom. The molecule has 1 amide bonds. The summed E-state index contributed by atoms with van der Waals surface area (Å²) in [7, 11) is 0. The second-order valence-corrected chi connectivity index (χ2v) is 14.8. The molecule has 15 heteroatoms. The maximum absolute atomic E-state index is 15.0. The fourth-order valence-electron chi connectivity index (χ4n) is 7.27. The average molecular weight is 858 g/mol. The highest BCUT2D eigenvalue weighted by atomic mass is 16.5. The van der Waals surface area contributed by atoms with Crippen molar-refractivity contribution in [3.8, 4) is 17.2 Å². The molecular formula is C49H47N9O6. The standard InChI is InChI=1S/C49H47N9O6/c50-57-53-32-40-17-7-9-18-42(40)46-49(31-39-16-8-10-19-43(39)55-58-51,54-47(64-46)38-21-23-41(24-22-38)61-29-11-28-59)48(60)56-52-27-26-35-20-25-44(62-33-36-12-3-1-4-13-36)45(30-35)63-34-37-14-5-2-6-15-37/h1-10,12-25,30,46,52,59H,11,26-29,31-34H2,(H,56,60)/t46-,49-/m0/s1. The van der Waals surface area contributed by atoms with Gasteiger partial charge in [0.15, 0.2) is 23.1 Å². The van der Waals surface area contributed by atoms with Gasteiger partial charge >= 0.3 is 0 Å². The third kappa shape index (κ3) is 11.4. The fourth-order valence-corrected chi connectivity index (χ4v) is 7.27. The van der Waals surface area contributed by atoms with Gasteiger partial charge in [-0.05, 0) is 87.3 Å². The third-order valence-electron chi connectivity index (χ3n) is 10.5. The van der Waals surface area contributed by atoms with Gasteiger partial charge in [0, 0.05) is 47.1 Å². The van der Waals surface area contributed by atoms with Crippen LogP contribution in [-0.2, 0) is 42.1 Å². The van der Waals surface area contributed by atoms with Gasteiger partial charge < -0.3 is 24.1 Å². The van der Waals surface area contributed by atoms with E-state index in [1.54, 1.807) is 48.5 Å². The molecule has 0 unspecified atom stereocenters. The van der Waals surface area contributed by atoms with E-state index in [0.717, 1.165) is 16.7 Å². The minimum absolute atomic E-state index is 0.000139. The van der Waals surface area contributed by atoms with Gasteiger partial charge in [-0.1, -0.05) is 125 Å². The summed E-state index contributed by atoms with van der Waals surface area (Å²) >= 11 is 0. The lowest BCUT2D eigenvalue weighted by molar-refractivity contribution is -0.130. The van der Waals surface area contributed by atoms with E-state index in [4.69, 9.17) is 23.9 Å². The first-order chi connectivity index (χ1) is 31.5. The summed E-state index contributed by atoms with van der Waals surface area (Å²) in [5, 5.41) is 17.0. The summed E-state index contributed by atoms with van der Waals surface area (Å²) < 4.78 is 25.0. The van der Waals surface area contributed by atoms with Gasteiger partial charge in [0.05, 0.1) is 13.2 Å². The quantitative estimate of drug-likeness (QED) is 0.0198. The lowest BCUT2D eigenvalue weighted by atomic mass is 9.80. The molecular weight excluding hydrogens is 811 g/mol. The first kappa shape index (κ1) is 44.3. The number of hydrogen-bond donors (Lipinski definition) is 3. The molecule has 6 aromatic rings. The van der Waals surface area contributed by atoms with Crippen LogP contribution in [-0.4, -0.2) is 42.2 Å². The van der Waals surface area contributed by atoms with Gasteiger partial charge in [-0.2, -0.15) is 0 Å². The molecule has 15 nitrogen and oxygen atoms in total. The molecule has 0 spiro atoms. The number of azide groups is 2. The molecule has 1 aliphatic rings. The predicted molar refractivity (Wildman–Crippen MR) is 243 cm³/mol. The molecule has 0 saturated carbocycles. The lowest BCUT2D eigenvalue weighted by Gasteiger charge is -2.32. The Kier molecular flexibility index (Phi) is 15.4. The van der Waals surface area contributed by atoms with E-state index in [9.17, 15) is 16.2 Å². The average Bonchev–Trinajstić information content (AvgIpc) is 3.73. The Morgan fingerprint density at radius 3 is 2.12 bits per heavy atom. The Bertz CT molecular complexity index is 2620. The van der Waals surface area contributed by atoms with Crippen molar-refractivity contribution in [1.29, 1.82) is 0 Å². The van der Waals surface area contributed by atoms with Crippen molar-refractivity contribution in [1.82, 2.24) is 10.9 Å². The SMILES string of the molecule is [N-]=[N+]=NCc1ccccc1[C@@H]1OC(c2ccc(OCCCO)cc2)=N[C@]1(Cc1ccccc1N=[N+]=[N-])C(=O)NNCCc1ccc(OCc2ccccc2)c(OCc2ccccc2)c1. The van der Waals surface area contributed by atoms with Gasteiger partial charge in [-0.25, -0.2) is 10.4 Å². The van der Waals surface area contributed by atoms with Crippen LogP contribution in [0.1, 0.15) is 51.5 Å². The summed E-state index contributed by atoms with van der Waals surface area (Å²) in [5.41, 5.74) is 28.8. The van der Waals surface area contributed by atoms with Crippen LogP contribution >= 0.6 is 0 Å². The first-order valence-electron chi connectivity index (χ1n) is 20.8. The number of carbonyl (C=O) groups excluding carboxylic acids is 1. The van der Waals surface area contributed by atoms with E-state index < -0.39 is 17.6 Å². The van der Waals surface area contributed by atoms with E-state index in [1.807, 2.05) is 103 Å². The second kappa shape index (κ2) is 22.3. The number of ether oxygens (including phenoxy) is 4. The number of rotatable bonds is 22. The van der Waals surface area contributed by atoms with Crippen molar-refractivity contribution < 1.29 is 28.8 Å². The van der Waals surface area contributed by atoms with E-state index in [0.29, 0.717) is 84.4 Å². The number of aliphatic imine (C=N–C) groups is 1. The molecule has 0 bridgehead atoms. The molecule has 324 valence electrons. The molecule has 1 heterocycles. The molecule has 6 aromatic carbocycles. The normalized spacial score (nSPS) is 15.1. The lowest BCUT2D eigenvalue weighted by Crippen LogP contribution is -2.54. The van der Waals surface area contributed by atoms with E-state index in [2.05, 4.69) is 30.9 Å². The third-order valence-corrected chi connectivity index (χ3v) is 10.5. The Labute approximate surface area is 370 Å². The van der Waals surface area contributed by atoms with Crippen molar-refractivity contribution in [2.24, 2.45) is 15.2 Å². The Morgan fingerprint density at radius 1 is 0.750 bits per heavy atom. The zero-order valence-electron chi connectivity index (χ0n) is 35.0. The van der Waals surface area contributed by atoms with Gasteiger partial charge in [0.25, 0.3) is 5.91 Å². The number of carbonyl (C=O) groups is 1. The number of aliphatic hydroxyl groups is 1. The molecule has 0 saturated heterocycles. The van der Waals surface area contributed by atoms with Crippen LogP contribution in [0.2, 0.25) is 0 Å². The number of nitrogens with one attached hydrogen (secondary N) is 2. The number of hydrogen-bond acceptors (Lipinski definition) is 10. The molecule has 0 aliphatic carbocycles. The Balaban J connectivity index is 1.17. The van der Waals surface area contributed by atoms with Gasteiger partial charge in [-0.3, -0.25) is 10.2 Å². The molecule has 64 heavy (non-hydrogen) atoms. The molecule has 0 fully saturated rings. The van der Waals surface area contributed by atoms with Crippen molar-refractivity contribution in [2.75, 3.05) is 19.8 Å². The summed E-state index contributed by atoms with van der Waals surface area (Å²) in [4.78, 5) is 26.2. The summed E-state index contributed by atoms with van der Waals surface area (Å²) in [5.74, 6) is 1.48. The molecule has 0 aromatic heterocycles. The van der Waals surface area contributed by atoms with E-state index >= 15 is 4.79 Å². The van der Waals surface area contributed by atoms with E-state index in [1.165, 1.54) is 0 Å². The summed E-state index contributed by atoms with van der Waals surface area (Å²) in [6.07, 6.45) is -0.0712.